The molecule has 1 aromatic rings. The second-order valence-corrected chi connectivity index (χ2v) is 6.60. The van der Waals surface area contributed by atoms with Crippen LogP contribution in [-0.2, 0) is 0 Å². The molecule has 0 aromatic carbocycles. The number of piperidine rings is 1. The minimum atomic E-state index is 0.146. The van der Waals surface area contributed by atoms with Crippen LogP contribution >= 0.6 is 0 Å². The molecule has 1 aromatic heterocycles. The fraction of sp³-hybridized carbons (Fsp3) is 0.647. The van der Waals surface area contributed by atoms with Crippen LogP contribution < -0.4 is 10.6 Å². The molecule has 1 aliphatic carbocycles. The summed E-state index contributed by atoms with van der Waals surface area (Å²) in [6.07, 6.45) is 7.96. The second-order valence-electron chi connectivity index (χ2n) is 6.60. The molecule has 0 spiro atoms. The Labute approximate surface area is 127 Å². The molecule has 3 N–H and O–H groups in total. The van der Waals surface area contributed by atoms with E-state index in [2.05, 4.69) is 16.0 Å². The predicted octanol–water partition coefficient (Wildman–Crippen LogP) is 3.14. The Balaban J connectivity index is 2.04. The molecular formula is C17H26N4. The van der Waals surface area contributed by atoms with E-state index in [0.717, 1.165) is 35.1 Å². The molecule has 2 heterocycles. The summed E-state index contributed by atoms with van der Waals surface area (Å²) in [5, 5.41) is 7.95. The number of aromatic nitrogens is 1. The van der Waals surface area contributed by atoms with Gasteiger partial charge in [0.1, 0.15) is 5.84 Å². The maximum Gasteiger partial charge on any atom is 0.126 e. The molecule has 114 valence electrons. The lowest BCUT2D eigenvalue weighted by Crippen LogP contribution is -2.47. The smallest absolute Gasteiger partial charge is 0.126 e. The van der Waals surface area contributed by atoms with Gasteiger partial charge in [0.05, 0.1) is 16.9 Å². The number of nitrogens with zero attached hydrogens (tertiary/aromatic N) is 2. The van der Waals surface area contributed by atoms with E-state index in [9.17, 15) is 0 Å². The van der Waals surface area contributed by atoms with Gasteiger partial charge < -0.3 is 10.6 Å². The fourth-order valence-corrected chi connectivity index (χ4v) is 4.29. The van der Waals surface area contributed by atoms with Crippen molar-refractivity contribution in [3.8, 4) is 0 Å². The zero-order valence-corrected chi connectivity index (χ0v) is 13.2. The van der Waals surface area contributed by atoms with Crippen molar-refractivity contribution in [3.63, 3.8) is 0 Å². The molecule has 2 aliphatic rings. The maximum absolute atomic E-state index is 7.95. The largest absolute Gasteiger partial charge is 0.384 e. The van der Waals surface area contributed by atoms with E-state index >= 15 is 0 Å². The number of fused-ring (bicyclic) bond motifs is 1. The Bertz CT molecular complexity index is 550. The summed E-state index contributed by atoms with van der Waals surface area (Å²) in [4.78, 5) is 7.04. The van der Waals surface area contributed by atoms with Crippen molar-refractivity contribution in [2.75, 3.05) is 11.4 Å². The number of amidine groups is 1. The average Bonchev–Trinajstić information content (AvgIpc) is 2.45. The lowest BCUT2D eigenvalue weighted by Gasteiger charge is -2.46. The van der Waals surface area contributed by atoms with Crippen LogP contribution in [0.4, 0.5) is 5.69 Å². The standard InChI is InChI=1S/C17H26N4/c1-11-10-15(16(17(18)19)12(2)20-11)21-9-5-7-13-6-3-4-8-14(13)21/h10,13-14H,3-9H2,1-2H3,(H3,18,19)/t13-,14-/m1/s1. The van der Waals surface area contributed by atoms with E-state index in [1.807, 2.05) is 13.8 Å². The molecule has 0 radical (unpaired) electrons. The maximum atomic E-state index is 7.95. The highest BCUT2D eigenvalue weighted by molar-refractivity contribution is 6.01. The molecule has 4 nitrogen and oxygen atoms in total. The molecule has 0 unspecified atom stereocenters. The van der Waals surface area contributed by atoms with Gasteiger partial charge in [-0.05, 0) is 51.5 Å². The Morgan fingerprint density at radius 2 is 1.95 bits per heavy atom. The van der Waals surface area contributed by atoms with Gasteiger partial charge in [-0.1, -0.05) is 12.8 Å². The summed E-state index contributed by atoms with van der Waals surface area (Å²) in [6, 6.07) is 2.76. The van der Waals surface area contributed by atoms with E-state index < -0.39 is 0 Å². The van der Waals surface area contributed by atoms with Crippen molar-refractivity contribution >= 4 is 11.5 Å². The highest BCUT2D eigenvalue weighted by Gasteiger charge is 2.34. The van der Waals surface area contributed by atoms with Crippen LogP contribution in [0.15, 0.2) is 6.07 Å². The number of pyridine rings is 1. The van der Waals surface area contributed by atoms with Crippen LogP contribution in [0.2, 0.25) is 0 Å². The number of aryl methyl sites for hydroxylation is 2. The number of rotatable bonds is 2. The van der Waals surface area contributed by atoms with Gasteiger partial charge in [0.25, 0.3) is 0 Å². The van der Waals surface area contributed by atoms with E-state index in [-0.39, 0.29) is 5.84 Å². The van der Waals surface area contributed by atoms with Crippen molar-refractivity contribution in [1.29, 1.82) is 5.41 Å². The number of hydrogen-bond acceptors (Lipinski definition) is 3. The topological polar surface area (TPSA) is 66.0 Å². The lowest BCUT2D eigenvalue weighted by molar-refractivity contribution is 0.243. The third-order valence-corrected chi connectivity index (χ3v) is 5.13. The average molecular weight is 286 g/mol. The zero-order chi connectivity index (χ0) is 15.0. The molecule has 0 bridgehead atoms. The van der Waals surface area contributed by atoms with Gasteiger partial charge >= 0.3 is 0 Å². The summed E-state index contributed by atoms with van der Waals surface area (Å²) in [7, 11) is 0. The van der Waals surface area contributed by atoms with Gasteiger partial charge in [0.15, 0.2) is 0 Å². The van der Waals surface area contributed by atoms with Crippen LogP contribution in [0, 0.1) is 25.2 Å². The van der Waals surface area contributed by atoms with E-state index in [1.54, 1.807) is 0 Å². The molecule has 4 heteroatoms. The first-order valence-corrected chi connectivity index (χ1v) is 8.17. The fourth-order valence-electron chi connectivity index (χ4n) is 4.29. The minimum Gasteiger partial charge on any atom is -0.384 e. The summed E-state index contributed by atoms with van der Waals surface area (Å²) in [5.74, 6) is 0.967. The van der Waals surface area contributed by atoms with Gasteiger partial charge in [-0.15, -0.1) is 0 Å². The number of nitrogens with one attached hydrogen (secondary N) is 1. The predicted molar refractivity (Wildman–Crippen MR) is 87.1 cm³/mol. The third-order valence-electron chi connectivity index (χ3n) is 5.13. The SMILES string of the molecule is Cc1cc(N2CCC[C@H]3CCCC[C@H]32)c(C(=N)N)c(C)n1. The molecular weight excluding hydrogens is 260 g/mol. The van der Waals surface area contributed by atoms with Gasteiger partial charge in [-0.3, -0.25) is 10.4 Å². The lowest BCUT2D eigenvalue weighted by atomic mass is 9.78. The van der Waals surface area contributed by atoms with Gasteiger partial charge in [0, 0.05) is 18.3 Å². The Kier molecular flexibility index (Phi) is 3.87. The Morgan fingerprint density at radius 3 is 2.71 bits per heavy atom. The van der Waals surface area contributed by atoms with Gasteiger partial charge in [-0.2, -0.15) is 0 Å². The first-order chi connectivity index (χ1) is 10.1. The Morgan fingerprint density at radius 1 is 1.24 bits per heavy atom. The molecule has 21 heavy (non-hydrogen) atoms. The van der Waals surface area contributed by atoms with E-state index in [1.165, 1.54) is 38.5 Å². The highest BCUT2D eigenvalue weighted by Crippen LogP contribution is 2.39. The van der Waals surface area contributed by atoms with Crippen LogP contribution in [0.1, 0.15) is 55.5 Å². The summed E-state index contributed by atoms with van der Waals surface area (Å²) < 4.78 is 0. The molecule has 1 saturated heterocycles. The number of anilines is 1. The van der Waals surface area contributed by atoms with Crippen molar-refractivity contribution in [1.82, 2.24) is 4.98 Å². The molecule has 2 fully saturated rings. The Hall–Kier alpha value is -1.58. The molecule has 1 saturated carbocycles. The minimum absolute atomic E-state index is 0.146. The van der Waals surface area contributed by atoms with Crippen LogP contribution in [0.25, 0.3) is 0 Å². The number of hydrogen-bond donors (Lipinski definition) is 2. The van der Waals surface area contributed by atoms with Crippen LogP contribution in [-0.4, -0.2) is 23.4 Å². The monoisotopic (exact) mass is 286 g/mol. The molecule has 0 amide bonds. The molecule has 3 rings (SSSR count). The quantitative estimate of drug-likeness (QED) is 0.648. The van der Waals surface area contributed by atoms with E-state index in [0.29, 0.717) is 6.04 Å². The number of nitrogens with two attached hydrogens (primary N) is 1. The zero-order valence-electron chi connectivity index (χ0n) is 13.2. The van der Waals surface area contributed by atoms with Gasteiger partial charge in [-0.25, -0.2) is 0 Å². The number of nitrogen functional groups attached to an aromatic ring is 1. The third kappa shape index (κ3) is 2.63. The van der Waals surface area contributed by atoms with Crippen LogP contribution in [0.5, 0.6) is 0 Å². The molecule has 2 atom stereocenters. The van der Waals surface area contributed by atoms with Crippen molar-refractivity contribution in [2.24, 2.45) is 11.7 Å². The van der Waals surface area contributed by atoms with Crippen molar-refractivity contribution in [3.05, 3.63) is 23.0 Å². The van der Waals surface area contributed by atoms with Gasteiger partial charge in [0.2, 0.25) is 0 Å². The van der Waals surface area contributed by atoms with E-state index in [4.69, 9.17) is 11.1 Å². The van der Waals surface area contributed by atoms with Crippen molar-refractivity contribution in [2.45, 2.75) is 58.4 Å². The summed E-state index contributed by atoms with van der Waals surface area (Å²) in [5.41, 5.74) is 9.74. The van der Waals surface area contributed by atoms with Crippen molar-refractivity contribution < 1.29 is 0 Å². The summed E-state index contributed by atoms with van der Waals surface area (Å²) in [6.45, 7) is 5.09. The summed E-state index contributed by atoms with van der Waals surface area (Å²) >= 11 is 0. The molecule has 1 aliphatic heterocycles. The first kappa shape index (κ1) is 14.4. The van der Waals surface area contributed by atoms with Crippen LogP contribution in [0.3, 0.4) is 0 Å². The first-order valence-electron chi connectivity index (χ1n) is 8.17. The normalized spacial score (nSPS) is 25.5. The highest BCUT2D eigenvalue weighted by atomic mass is 15.2. The second kappa shape index (κ2) is 5.66.